The van der Waals surface area contributed by atoms with Crippen molar-refractivity contribution in [2.24, 2.45) is 11.8 Å². The monoisotopic (exact) mass is 263 g/mol. The molecule has 1 heterocycles. The van der Waals surface area contributed by atoms with Crippen molar-refractivity contribution in [2.75, 3.05) is 13.1 Å². The van der Waals surface area contributed by atoms with Crippen molar-refractivity contribution in [3.63, 3.8) is 0 Å². The topological polar surface area (TPSA) is 29.9 Å². The van der Waals surface area contributed by atoms with Gasteiger partial charge >= 0.3 is 0 Å². The Bertz CT molecular complexity index is 370. The summed E-state index contributed by atoms with van der Waals surface area (Å²) in [6.45, 7) is 9.98. The first-order chi connectivity index (χ1) is 9.20. The molecule has 2 atom stereocenters. The summed E-state index contributed by atoms with van der Waals surface area (Å²) in [5, 5.41) is 8.10. The van der Waals surface area contributed by atoms with Crippen LogP contribution in [0.15, 0.2) is 12.4 Å². The third-order valence-corrected chi connectivity index (χ3v) is 4.27. The molecule has 0 bridgehead atoms. The Balaban J connectivity index is 1.95. The normalized spacial score (nSPS) is 24.0. The second-order valence-corrected chi connectivity index (χ2v) is 6.33. The van der Waals surface area contributed by atoms with Gasteiger partial charge in [0, 0.05) is 12.7 Å². The summed E-state index contributed by atoms with van der Waals surface area (Å²) in [6, 6.07) is 0. The maximum absolute atomic E-state index is 4.45. The molecule has 1 saturated carbocycles. The molecule has 108 valence electrons. The SMILES string of the molecule is CCn1cc(C2CCCCC2CNCC(C)C)cn1. The van der Waals surface area contributed by atoms with E-state index in [0.29, 0.717) is 5.92 Å². The van der Waals surface area contributed by atoms with Crippen molar-refractivity contribution in [3.05, 3.63) is 18.0 Å². The number of hydrogen-bond donors (Lipinski definition) is 1. The Morgan fingerprint density at radius 3 is 2.84 bits per heavy atom. The zero-order chi connectivity index (χ0) is 13.7. The van der Waals surface area contributed by atoms with Gasteiger partial charge in [-0.25, -0.2) is 0 Å². The van der Waals surface area contributed by atoms with Crippen LogP contribution >= 0.6 is 0 Å². The van der Waals surface area contributed by atoms with Crippen LogP contribution in [0.1, 0.15) is 57.9 Å². The van der Waals surface area contributed by atoms with Gasteiger partial charge in [-0.05, 0) is 56.2 Å². The van der Waals surface area contributed by atoms with Gasteiger partial charge in [-0.3, -0.25) is 4.68 Å². The lowest BCUT2D eigenvalue weighted by Gasteiger charge is -2.31. The van der Waals surface area contributed by atoms with Gasteiger partial charge in [0.1, 0.15) is 0 Å². The number of hydrogen-bond acceptors (Lipinski definition) is 2. The zero-order valence-electron chi connectivity index (χ0n) is 12.7. The van der Waals surface area contributed by atoms with E-state index in [9.17, 15) is 0 Å². The Morgan fingerprint density at radius 2 is 2.16 bits per heavy atom. The average molecular weight is 263 g/mol. The lowest BCUT2D eigenvalue weighted by Crippen LogP contribution is -2.31. The van der Waals surface area contributed by atoms with E-state index in [0.717, 1.165) is 24.9 Å². The number of aryl methyl sites for hydroxylation is 1. The van der Waals surface area contributed by atoms with E-state index in [1.165, 1.54) is 37.8 Å². The van der Waals surface area contributed by atoms with Crippen LogP contribution in [-0.2, 0) is 6.54 Å². The predicted octanol–water partition coefficient (Wildman–Crippen LogP) is 3.42. The third-order valence-electron chi connectivity index (χ3n) is 4.27. The van der Waals surface area contributed by atoms with E-state index in [-0.39, 0.29) is 0 Å². The van der Waals surface area contributed by atoms with Crippen LogP contribution in [-0.4, -0.2) is 22.9 Å². The lowest BCUT2D eigenvalue weighted by molar-refractivity contribution is 0.292. The molecule has 1 aliphatic carbocycles. The summed E-state index contributed by atoms with van der Waals surface area (Å²) < 4.78 is 2.06. The summed E-state index contributed by atoms with van der Waals surface area (Å²) in [7, 11) is 0. The fourth-order valence-electron chi connectivity index (χ4n) is 3.19. The van der Waals surface area contributed by atoms with E-state index >= 15 is 0 Å². The van der Waals surface area contributed by atoms with Gasteiger partial charge in [0.15, 0.2) is 0 Å². The maximum Gasteiger partial charge on any atom is 0.0524 e. The minimum Gasteiger partial charge on any atom is -0.316 e. The molecule has 0 radical (unpaired) electrons. The van der Waals surface area contributed by atoms with Gasteiger partial charge in [-0.15, -0.1) is 0 Å². The van der Waals surface area contributed by atoms with E-state index in [1.807, 2.05) is 0 Å². The van der Waals surface area contributed by atoms with Crippen molar-refractivity contribution >= 4 is 0 Å². The molecular weight excluding hydrogens is 234 g/mol. The van der Waals surface area contributed by atoms with E-state index in [2.05, 4.69) is 48.3 Å². The first-order valence-electron chi connectivity index (χ1n) is 7.93. The third kappa shape index (κ3) is 4.07. The number of nitrogens with zero attached hydrogens (tertiary/aromatic N) is 2. The summed E-state index contributed by atoms with van der Waals surface area (Å²) in [6.07, 6.45) is 9.83. The highest BCUT2D eigenvalue weighted by Crippen LogP contribution is 2.37. The molecule has 0 saturated heterocycles. The quantitative estimate of drug-likeness (QED) is 0.852. The van der Waals surface area contributed by atoms with Crippen molar-refractivity contribution in [1.82, 2.24) is 15.1 Å². The Kier molecular flexibility index (Phi) is 5.44. The Hall–Kier alpha value is -0.830. The van der Waals surface area contributed by atoms with Gasteiger partial charge in [-0.2, -0.15) is 5.10 Å². The second kappa shape index (κ2) is 7.09. The van der Waals surface area contributed by atoms with Gasteiger partial charge < -0.3 is 5.32 Å². The molecule has 2 unspecified atom stereocenters. The molecule has 1 aliphatic rings. The average Bonchev–Trinajstić information content (AvgIpc) is 2.87. The molecule has 0 spiro atoms. The van der Waals surface area contributed by atoms with Crippen molar-refractivity contribution in [1.29, 1.82) is 0 Å². The fourth-order valence-corrected chi connectivity index (χ4v) is 3.19. The first kappa shape index (κ1) is 14.6. The zero-order valence-corrected chi connectivity index (χ0v) is 12.7. The van der Waals surface area contributed by atoms with E-state index < -0.39 is 0 Å². The standard InChI is InChI=1S/C16H29N3/c1-4-19-12-15(11-18-19)16-8-6-5-7-14(16)10-17-9-13(2)3/h11-14,16-17H,4-10H2,1-3H3. The smallest absolute Gasteiger partial charge is 0.0524 e. The summed E-state index contributed by atoms with van der Waals surface area (Å²) >= 11 is 0. The van der Waals surface area contributed by atoms with Crippen molar-refractivity contribution < 1.29 is 0 Å². The van der Waals surface area contributed by atoms with Crippen LogP contribution < -0.4 is 5.32 Å². The van der Waals surface area contributed by atoms with Crippen LogP contribution in [0.3, 0.4) is 0 Å². The summed E-state index contributed by atoms with van der Waals surface area (Å²) in [4.78, 5) is 0. The van der Waals surface area contributed by atoms with Crippen LogP contribution in [0.2, 0.25) is 0 Å². The van der Waals surface area contributed by atoms with Crippen LogP contribution in [0.5, 0.6) is 0 Å². The molecule has 1 aromatic rings. The molecule has 3 nitrogen and oxygen atoms in total. The van der Waals surface area contributed by atoms with E-state index in [1.54, 1.807) is 0 Å². The Labute approximate surface area is 117 Å². The highest BCUT2D eigenvalue weighted by atomic mass is 15.3. The Morgan fingerprint density at radius 1 is 1.37 bits per heavy atom. The molecule has 19 heavy (non-hydrogen) atoms. The lowest BCUT2D eigenvalue weighted by atomic mass is 9.76. The van der Waals surface area contributed by atoms with Crippen LogP contribution in [0, 0.1) is 11.8 Å². The van der Waals surface area contributed by atoms with Crippen molar-refractivity contribution in [2.45, 2.75) is 58.9 Å². The molecule has 2 rings (SSSR count). The molecule has 1 N–H and O–H groups in total. The molecule has 1 aromatic heterocycles. The summed E-state index contributed by atoms with van der Waals surface area (Å²) in [5.41, 5.74) is 1.46. The second-order valence-electron chi connectivity index (χ2n) is 6.33. The number of rotatable bonds is 6. The maximum atomic E-state index is 4.45. The van der Waals surface area contributed by atoms with Crippen LogP contribution in [0.4, 0.5) is 0 Å². The minimum atomic E-state index is 0.716. The van der Waals surface area contributed by atoms with Gasteiger partial charge in [0.25, 0.3) is 0 Å². The molecule has 1 fully saturated rings. The first-order valence-corrected chi connectivity index (χ1v) is 7.93. The minimum absolute atomic E-state index is 0.716. The molecule has 3 heteroatoms. The molecule has 0 aromatic carbocycles. The largest absolute Gasteiger partial charge is 0.316 e. The highest BCUT2D eigenvalue weighted by Gasteiger charge is 2.27. The van der Waals surface area contributed by atoms with Crippen LogP contribution in [0.25, 0.3) is 0 Å². The van der Waals surface area contributed by atoms with Gasteiger partial charge in [0.05, 0.1) is 6.20 Å². The molecule has 0 amide bonds. The van der Waals surface area contributed by atoms with Gasteiger partial charge in [0.2, 0.25) is 0 Å². The van der Waals surface area contributed by atoms with Gasteiger partial charge in [-0.1, -0.05) is 26.7 Å². The number of nitrogens with one attached hydrogen (secondary N) is 1. The molecular formula is C16H29N3. The fraction of sp³-hybridized carbons (Fsp3) is 0.812. The summed E-state index contributed by atoms with van der Waals surface area (Å²) in [5.74, 6) is 2.25. The van der Waals surface area contributed by atoms with E-state index in [4.69, 9.17) is 0 Å². The predicted molar refractivity (Wildman–Crippen MR) is 80.3 cm³/mol. The highest BCUT2D eigenvalue weighted by molar-refractivity contribution is 5.14. The number of aromatic nitrogens is 2. The van der Waals surface area contributed by atoms with Crippen molar-refractivity contribution in [3.8, 4) is 0 Å². The molecule has 0 aliphatic heterocycles.